The highest BCUT2D eigenvalue weighted by Gasteiger charge is 2.09. The fourth-order valence-corrected chi connectivity index (χ4v) is 2.47. The molecule has 3 N–H and O–H groups in total. The van der Waals surface area contributed by atoms with E-state index >= 15 is 0 Å². The number of aryl methyl sites for hydroxylation is 1. The molecular formula is C20H23N3O2S. The SMILES string of the molecule is CCCCNC(=O)c1cccc(NC(=S)NC(=O)c2ccc(C)cc2)c1. The summed E-state index contributed by atoms with van der Waals surface area (Å²) in [4.78, 5) is 24.3. The van der Waals surface area contributed by atoms with Crippen molar-refractivity contribution >= 4 is 34.8 Å². The largest absolute Gasteiger partial charge is 0.352 e. The molecule has 2 amide bonds. The van der Waals surface area contributed by atoms with E-state index in [2.05, 4.69) is 22.9 Å². The van der Waals surface area contributed by atoms with Crippen molar-refractivity contribution in [1.82, 2.24) is 10.6 Å². The lowest BCUT2D eigenvalue weighted by Gasteiger charge is -2.11. The zero-order chi connectivity index (χ0) is 18.9. The van der Waals surface area contributed by atoms with E-state index in [1.54, 1.807) is 36.4 Å². The Kier molecular flexibility index (Phi) is 7.29. The van der Waals surface area contributed by atoms with Crippen LogP contribution >= 0.6 is 12.2 Å². The van der Waals surface area contributed by atoms with Crippen molar-refractivity contribution in [3.8, 4) is 0 Å². The van der Waals surface area contributed by atoms with Crippen molar-refractivity contribution in [1.29, 1.82) is 0 Å². The molecule has 2 aromatic rings. The van der Waals surface area contributed by atoms with E-state index in [1.807, 2.05) is 19.1 Å². The van der Waals surface area contributed by atoms with Gasteiger partial charge in [0, 0.05) is 23.4 Å². The van der Waals surface area contributed by atoms with E-state index in [-0.39, 0.29) is 16.9 Å². The Morgan fingerprint density at radius 3 is 2.42 bits per heavy atom. The van der Waals surface area contributed by atoms with Gasteiger partial charge in [0.15, 0.2) is 5.11 Å². The fraction of sp³-hybridized carbons (Fsp3) is 0.250. The van der Waals surface area contributed by atoms with Crippen LogP contribution in [0.4, 0.5) is 5.69 Å². The number of benzene rings is 2. The van der Waals surface area contributed by atoms with Gasteiger partial charge < -0.3 is 10.6 Å². The number of rotatable bonds is 6. The number of thiocarbonyl (C=S) groups is 1. The van der Waals surface area contributed by atoms with Crippen LogP contribution in [0.5, 0.6) is 0 Å². The van der Waals surface area contributed by atoms with E-state index in [4.69, 9.17) is 12.2 Å². The molecule has 0 spiro atoms. The van der Waals surface area contributed by atoms with Gasteiger partial charge in [0.2, 0.25) is 0 Å². The molecule has 0 aliphatic rings. The van der Waals surface area contributed by atoms with Crippen molar-refractivity contribution in [2.45, 2.75) is 26.7 Å². The number of anilines is 1. The number of nitrogens with one attached hydrogen (secondary N) is 3. The van der Waals surface area contributed by atoms with Crippen molar-refractivity contribution in [2.24, 2.45) is 0 Å². The fourth-order valence-electron chi connectivity index (χ4n) is 2.26. The molecule has 0 atom stereocenters. The number of amides is 2. The van der Waals surface area contributed by atoms with E-state index < -0.39 is 0 Å². The third kappa shape index (κ3) is 5.97. The molecule has 136 valence electrons. The Morgan fingerprint density at radius 1 is 1.00 bits per heavy atom. The molecule has 0 saturated carbocycles. The van der Waals surface area contributed by atoms with Gasteiger partial charge in [0.1, 0.15) is 0 Å². The Balaban J connectivity index is 1.94. The molecule has 0 aliphatic heterocycles. The third-order valence-electron chi connectivity index (χ3n) is 3.74. The van der Waals surface area contributed by atoms with Crippen LogP contribution in [-0.2, 0) is 0 Å². The van der Waals surface area contributed by atoms with Gasteiger partial charge >= 0.3 is 0 Å². The molecule has 26 heavy (non-hydrogen) atoms. The van der Waals surface area contributed by atoms with Crippen LogP contribution in [0.1, 0.15) is 46.0 Å². The molecule has 5 nitrogen and oxygen atoms in total. The summed E-state index contributed by atoms with van der Waals surface area (Å²) >= 11 is 5.19. The average Bonchev–Trinajstić information content (AvgIpc) is 2.62. The first-order chi connectivity index (χ1) is 12.5. The van der Waals surface area contributed by atoms with E-state index in [0.29, 0.717) is 23.4 Å². The van der Waals surface area contributed by atoms with Gasteiger partial charge in [-0.2, -0.15) is 0 Å². The van der Waals surface area contributed by atoms with Gasteiger partial charge in [-0.15, -0.1) is 0 Å². The first-order valence-electron chi connectivity index (χ1n) is 8.57. The monoisotopic (exact) mass is 369 g/mol. The molecule has 0 radical (unpaired) electrons. The van der Waals surface area contributed by atoms with Crippen LogP contribution in [0.25, 0.3) is 0 Å². The maximum atomic E-state index is 12.2. The second-order valence-corrected chi connectivity index (χ2v) is 6.37. The molecule has 0 fully saturated rings. The lowest BCUT2D eigenvalue weighted by molar-refractivity contribution is 0.0950. The van der Waals surface area contributed by atoms with Gasteiger partial charge in [-0.05, 0) is 55.9 Å². The molecule has 0 aliphatic carbocycles. The quantitative estimate of drug-likeness (QED) is 0.537. The minimum Gasteiger partial charge on any atom is -0.352 e. The van der Waals surface area contributed by atoms with Crippen LogP contribution in [0.2, 0.25) is 0 Å². The number of carbonyl (C=O) groups excluding carboxylic acids is 2. The molecule has 0 saturated heterocycles. The van der Waals surface area contributed by atoms with Crippen molar-refractivity contribution in [2.75, 3.05) is 11.9 Å². The van der Waals surface area contributed by atoms with Crippen LogP contribution in [0.3, 0.4) is 0 Å². The predicted octanol–water partition coefficient (Wildman–Crippen LogP) is 3.65. The summed E-state index contributed by atoms with van der Waals surface area (Å²) in [5, 5.41) is 8.62. The first-order valence-corrected chi connectivity index (χ1v) is 8.97. The molecule has 0 heterocycles. The molecule has 0 aromatic heterocycles. The van der Waals surface area contributed by atoms with Crippen molar-refractivity contribution in [3.63, 3.8) is 0 Å². The van der Waals surface area contributed by atoms with Crippen LogP contribution in [-0.4, -0.2) is 23.5 Å². The maximum absolute atomic E-state index is 12.2. The number of unbranched alkanes of at least 4 members (excludes halogenated alkanes) is 1. The standard InChI is InChI=1S/C20H23N3O2S/c1-3-4-12-21-18(24)16-6-5-7-17(13-16)22-20(26)23-19(25)15-10-8-14(2)9-11-15/h5-11,13H,3-4,12H2,1-2H3,(H,21,24)(H2,22,23,25,26). The minimum absolute atomic E-state index is 0.128. The van der Waals surface area contributed by atoms with Gasteiger partial charge in [0.05, 0.1) is 0 Å². The third-order valence-corrected chi connectivity index (χ3v) is 3.94. The molecule has 2 aromatic carbocycles. The van der Waals surface area contributed by atoms with E-state index in [1.165, 1.54) is 0 Å². The first kappa shape index (κ1) is 19.6. The van der Waals surface area contributed by atoms with Crippen LogP contribution in [0, 0.1) is 6.92 Å². The smallest absolute Gasteiger partial charge is 0.257 e. The van der Waals surface area contributed by atoms with Crippen LogP contribution in [0.15, 0.2) is 48.5 Å². The molecule has 6 heteroatoms. The lowest BCUT2D eigenvalue weighted by atomic mass is 10.1. The summed E-state index contributed by atoms with van der Waals surface area (Å²) in [5.74, 6) is -0.410. The van der Waals surface area contributed by atoms with Crippen LogP contribution < -0.4 is 16.0 Å². The predicted molar refractivity (Wildman–Crippen MR) is 109 cm³/mol. The summed E-state index contributed by atoms with van der Waals surface area (Å²) in [6.45, 7) is 4.68. The number of hydrogen-bond donors (Lipinski definition) is 3. The highest BCUT2D eigenvalue weighted by atomic mass is 32.1. The van der Waals surface area contributed by atoms with Gasteiger partial charge in [-0.1, -0.05) is 37.1 Å². The Bertz CT molecular complexity index is 788. The van der Waals surface area contributed by atoms with Crippen molar-refractivity contribution < 1.29 is 9.59 Å². The zero-order valence-electron chi connectivity index (χ0n) is 15.0. The summed E-state index contributed by atoms with van der Waals surface area (Å²) < 4.78 is 0. The average molecular weight is 369 g/mol. The van der Waals surface area contributed by atoms with E-state index in [9.17, 15) is 9.59 Å². The summed E-state index contributed by atoms with van der Waals surface area (Å²) in [5.41, 5.74) is 2.79. The van der Waals surface area contributed by atoms with Gasteiger partial charge in [-0.3, -0.25) is 14.9 Å². The second kappa shape index (κ2) is 9.68. The number of carbonyl (C=O) groups is 2. The highest BCUT2D eigenvalue weighted by Crippen LogP contribution is 2.11. The van der Waals surface area contributed by atoms with Crippen molar-refractivity contribution in [3.05, 3.63) is 65.2 Å². The summed E-state index contributed by atoms with van der Waals surface area (Å²) in [6, 6.07) is 14.2. The summed E-state index contributed by atoms with van der Waals surface area (Å²) in [7, 11) is 0. The Morgan fingerprint density at radius 2 is 1.73 bits per heavy atom. The summed E-state index contributed by atoms with van der Waals surface area (Å²) in [6.07, 6.45) is 1.97. The maximum Gasteiger partial charge on any atom is 0.257 e. The molecule has 0 bridgehead atoms. The highest BCUT2D eigenvalue weighted by molar-refractivity contribution is 7.80. The Hall–Kier alpha value is -2.73. The molecule has 2 rings (SSSR count). The molecule has 0 unspecified atom stereocenters. The van der Waals surface area contributed by atoms with E-state index in [0.717, 1.165) is 18.4 Å². The minimum atomic E-state index is -0.282. The van der Waals surface area contributed by atoms with Gasteiger partial charge in [-0.25, -0.2) is 0 Å². The Labute approximate surface area is 159 Å². The zero-order valence-corrected chi connectivity index (χ0v) is 15.8. The number of hydrogen-bond acceptors (Lipinski definition) is 3. The molecular weight excluding hydrogens is 346 g/mol. The topological polar surface area (TPSA) is 70.2 Å². The lowest BCUT2D eigenvalue weighted by Crippen LogP contribution is -2.34. The van der Waals surface area contributed by atoms with Gasteiger partial charge in [0.25, 0.3) is 11.8 Å². The second-order valence-electron chi connectivity index (χ2n) is 5.96. The normalized spacial score (nSPS) is 10.1.